The van der Waals surface area contributed by atoms with Crippen molar-refractivity contribution in [2.45, 2.75) is 85.1 Å². The highest BCUT2D eigenvalue weighted by atomic mass is 19.1. The normalized spacial score (nSPS) is 15.3. The van der Waals surface area contributed by atoms with Gasteiger partial charge >= 0.3 is 0 Å². The number of hydrogen-bond donors (Lipinski definition) is 2. The van der Waals surface area contributed by atoms with Gasteiger partial charge in [-0.1, -0.05) is 64.3 Å². The minimum Gasteiger partial charge on any atom is -0.356 e. The molecular formula is C29H42F2N2O. The quantitative estimate of drug-likeness (QED) is 0.434. The van der Waals surface area contributed by atoms with Crippen molar-refractivity contribution in [2.24, 2.45) is 5.41 Å². The smallest absolute Gasteiger partial charge is 0.216 e. The van der Waals surface area contributed by atoms with Crippen molar-refractivity contribution < 1.29 is 13.6 Å². The van der Waals surface area contributed by atoms with Crippen LogP contribution in [0.4, 0.5) is 8.78 Å². The first-order valence-electron chi connectivity index (χ1n) is 12.5. The minimum atomic E-state index is -0.521. The molecule has 1 amide bonds. The SMILES string of the molecule is CC(=O)NCCCNC1(c2cccc(CC(C)(C)C)c2)CCCCC1.Cc1cc(F)cc(F)c1. The topological polar surface area (TPSA) is 41.1 Å². The van der Waals surface area contributed by atoms with Gasteiger partial charge in [0.05, 0.1) is 0 Å². The highest BCUT2D eigenvalue weighted by Gasteiger charge is 2.33. The van der Waals surface area contributed by atoms with Crippen molar-refractivity contribution in [2.75, 3.05) is 13.1 Å². The summed E-state index contributed by atoms with van der Waals surface area (Å²) in [6, 6.07) is 12.6. The van der Waals surface area contributed by atoms with Crippen molar-refractivity contribution in [3.63, 3.8) is 0 Å². The molecule has 0 radical (unpaired) electrons. The van der Waals surface area contributed by atoms with Crippen LogP contribution in [0.2, 0.25) is 0 Å². The lowest BCUT2D eigenvalue weighted by Gasteiger charge is -2.39. The monoisotopic (exact) mass is 472 g/mol. The van der Waals surface area contributed by atoms with Gasteiger partial charge in [-0.15, -0.1) is 0 Å². The van der Waals surface area contributed by atoms with Crippen LogP contribution in [0.25, 0.3) is 0 Å². The summed E-state index contributed by atoms with van der Waals surface area (Å²) in [5.74, 6) is -0.984. The van der Waals surface area contributed by atoms with E-state index in [-0.39, 0.29) is 11.4 Å². The lowest BCUT2D eigenvalue weighted by molar-refractivity contribution is -0.118. The first-order valence-corrected chi connectivity index (χ1v) is 12.5. The number of aryl methyl sites for hydroxylation is 1. The molecular weight excluding hydrogens is 430 g/mol. The minimum absolute atomic E-state index is 0.0576. The van der Waals surface area contributed by atoms with E-state index in [1.54, 1.807) is 13.8 Å². The molecule has 5 heteroatoms. The molecule has 34 heavy (non-hydrogen) atoms. The first-order chi connectivity index (χ1) is 16.0. The molecule has 0 unspecified atom stereocenters. The van der Waals surface area contributed by atoms with Crippen molar-refractivity contribution >= 4 is 5.91 Å². The number of amides is 1. The van der Waals surface area contributed by atoms with Crippen LogP contribution in [0.15, 0.2) is 42.5 Å². The maximum absolute atomic E-state index is 12.2. The molecule has 2 aromatic carbocycles. The van der Waals surface area contributed by atoms with Crippen LogP contribution in [-0.2, 0) is 16.8 Å². The maximum atomic E-state index is 12.2. The molecule has 1 aliphatic carbocycles. The summed E-state index contributed by atoms with van der Waals surface area (Å²) >= 11 is 0. The summed E-state index contributed by atoms with van der Waals surface area (Å²) in [4.78, 5) is 11.0. The van der Waals surface area contributed by atoms with E-state index >= 15 is 0 Å². The highest BCUT2D eigenvalue weighted by molar-refractivity contribution is 5.72. The Kier molecular flexibility index (Phi) is 10.7. The summed E-state index contributed by atoms with van der Waals surface area (Å²) in [5, 5.41) is 6.76. The molecule has 0 atom stereocenters. The molecule has 0 saturated heterocycles. The summed E-state index contributed by atoms with van der Waals surface area (Å²) in [6.45, 7) is 11.8. The van der Waals surface area contributed by atoms with Crippen LogP contribution in [0.3, 0.4) is 0 Å². The molecule has 1 aliphatic rings. The fourth-order valence-corrected chi connectivity index (χ4v) is 4.69. The molecule has 1 saturated carbocycles. The van der Waals surface area contributed by atoms with Gasteiger partial charge < -0.3 is 10.6 Å². The molecule has 3 rings (SSSR count). The Hall–Kier alpha value is -2.27. The number of carbonyl (C=O) groups excluding carboxylic acids is 1. The first kappa shape index (κ1) is 28.0. The number of hydrogen-bond acceptors (Lipinski definition) is 2. The molecule has 0 aromatic heterocycles. The maximum Gasteiger partial charge on any atom is 0.216 e. The third-order valence-electron chi connectivity index (χ3n) is 6.12. The van der Waals surface area contributed by atoms with E-state index < -0.39 is 11.6 Å². The van der Waals surface area contributed by atoms with E-state index in [9.17, 15) is 13.6 Å². The van der Waals surface area contributed by atoms with E-state index in [1.807, 2.05) is 0 Å². The van der Waals surface area contributed by atoms with E-state index in [1.165, 1.54) is 55.4 Å². The Bertz CT molecular complexity index is 864. The Labute approximate surface area is 204 Å². The van der Waals surface area contributed by atoms with E-state index in [0.717, 1.165) is 32.0 Å². The van der Waals surface area contributed by atoms with Gasteiger partial charge in [0.15, 0.2) is 0 Å². The van der Waals surface area contributed by atoms with Crippen LogP contribution in [0, 0.1) is 24.0 Å². The van der Waals surface area contributed by atoms with Crippen molar-refractivity contribution in [1.82, 2.24) is 10.6 Å². The second-order valence-electron chi connectivity index (χ2n) is 10.8. The lowest BCUT2D eigenvalue weighted by Crippen LogP contribution is -2.45. The molecule has 0 heterocycles. The molecule has 2 N–H and O–H groups in total. The number of rotatable bonds is 7. The standard InChI is InChI=1S/C22H36N2O.C7H6F2/c1-18(25)23-14-9-15-24-22(12-6-5-7-13-22)20-11-8-10-19(16-20)17-21(2,3)4;1-5-2-6(8)4-7(9)3-5/h8,10-11,16,24H,5-7,9,12-15,17H2,1-4H3,(H,23,25);2-4H,1H3. The zero-order valence-corrected chi connectivity index (χ0v) is 21.6. The van der Waals surface area contributed by atoms with Gasteiger partial charge in [0.1, 0.15) is 11.6 Å². The average molecular weight is 473 g/mol. The molecule has 3 nitrogen and oxygen atoms in total. The Morgan fingerprint density at radius 3 is 2.18 bits per heavy atom. The third kappa shape index (κ3) is 9.92. The van der Waals surface area contributed by atoms with Gasteiger partial charge in [-0.2, -0.15) is 0 Å². The molecule has 0 aliphatic heterocycles. The molecule has 2 aromatic rings. The third-order valence-corrected chi connectivity index (χ3v) is 6.12. The summed E-state index contributed by atoms with van der Waals surface area (Å²) in [5.41, 5.74) is 3.92. The second-order valence-corrected chi connectivity index (χ2v) is 10.8. The summed E-state index contributed by atoms with van der Waals surface area (Å²) in [6.07, 6.45) is 8.45. The Morgan fingerprint density at radius 1 is 0.971 bits per heavy atom. The lowest BCUT2D eigenvalue weighted by atomic mass is 9.75. The fraction of sp³-hybridized carbons (Fsp3) is 0.552. The summed E-state index contributed by atoms with van der Waals surface area (Å²) in [7, 11) is 0. The number of halogens is 2. The largest absolute Gasteiger partial charge is 0.356 e. The van der Waals surface area contributed by atoms with Crippen molar-refractivity contribution in [3.8, 4) is 0 Å². The predicted molar refractivity (Wildman–Crippen MR) is 137 cm³/mol. The fourth-order valence-electron chi connectivity index (χ4n) is 4.69. The van der Waals surface area contributed by atoms with Crippen molar-refractivity contribution in [3.05, 3.63) is 70.8 Å². The zero-order chi connectivity index (χ0) is 25.2. The second kappa shape index (κ2) is 13.0. The van der Waals surface area contributed by atoms with Gasteiger partial charge in [0.25, 0.3) is 0 Å². The number of nitrogens with one attached hydrogen (secondary N) is 2. The van der Waals surface area contributed by atoms with Crippen LogP contribution in [-0.4, -0.2) is 19.0 Å². The van der Waals surface area contributed by atoms with Gasteiger partial charge in [-0.25, -0.2) is 8.78 Å². The van der Waals surface area contributed by atoms with Gasteiger partial charge in [0, 0.05) is 25.1 Å². The van der Waals surface area contributed by atoms with Crippen molar-refractivity contribution in [1.29, 1.82) is 0 Å². The molecule has 1 fully saturated rings. The molecule has 188 valence electrons. The van der Waals surface area contributed by atoms with Crippen LogP contribution in [0.1, 0.15) is 82.9 Å². The van der Waals surface area contributed by atoms with E-state index in [0.29, 0.717) is 11.0 Å². The van der Waals surface area contributed by atoms with Crippen LogP contribution in [0.5, 0.6) is 0 Å². The highest BCUT2D eigenvalue weighted by Crippen LogP contribution is 2.38. The number of benzene rings is 2. The van der Waals surface area contributed by atoms with E-state index in [2.05, 4.69) is 55.7 Å². The van der Waals surface area contributed by atoms with Gasteiger partial charge in [-0.05, 0) is 73.4 Å². The van der Waals surface area contributed by atoms with E-state index in [4.69, 9.17) is 0 Å². The Balaban J connectivity index is 0.000000379. The van der Waals surface area contributed by atoms with Gasteiger partial charge in [0.2, 0.25) is 5.91 Å². The molecule has 0 bridgehead atoms. The zero-order valence-electron chi connectivity index (χ0n) is 21.6. The van der Waals surface area contributed by atoms with Crippen LogP contribution >= 0.6 is 0 Å². The number of carbonyl (C=O) groups is 1. The van der Waals surface area contributed by atoms with Gasteiger partial charge in [-0.3, -0.25) is 4.79 Å². The van der Waals surface area contributed by atoms with Crippen LogP contribution < -0.4 is 10.6 Å². The predicted octanol–water partition coefficient (Wildman–Crippen LogP) is 6.82. The average Bonchev–Trinajstić information content (AvgIpc) is 2.72. The summed E-state index contributed by atoms with van der Waals surface area (Å²) < 4.78 is 24.4. The Morgan fingerprint density at radius 2 is 1.62 bits per heavy atom. The molecule has 0 spiro atoms.